The smallest absolute Gasteiger partial charge is 0.238 e. The standard InChI is InChI=1S/C18H21ClN4O2S/c1-13-20-14(12-26-13)10-18(25)23-8-6-22(7-9-23)11-17(24)21-16-5-3-2-4-15(16)19/h2-5,12H,6-11H2,1H3,(H,21,24). The van der Waals surface area contributed by atoms with Gasteiger partial charge in [-0.3, -0.25) is 14.5 Å². The molecule has 1 aliphatic heterocycles. The number of hydrogen-bond acceptors (Lipinski definition) is 5. The number of para-hydroxylation sites is 1. The first-order valence-corrected chi connectivity index (χ1v) is 9.72. The molecule has 0 atom stereocenters. The third kappa shape index (κ3) is 5.03. The molecule has 1 N–H and O–H groups in total. The van der Waals surface area contributed by atoms with E-state index >= 15 is 0 Å². The van der Waals surface area contributed by atoms with Gasteiger partial charge in [-0.1, -0.05) is 23.7 Å². The van der Waals surface area contributed by atoms with Crippen molar-refractivity contribution in [3.63, 3.8) is 0 Å². The van der Waals surface area contributed by atoms with E-state index in [0.29, 0.717) is 49.9 Å². The second-order valence-corrected chi connectivity index (χ2v) is 7.69. The molecule has 1 aromatic carbocycles. The van der Waals surface area contributed by atoms with Crippen molar-refractivity contribution in [1.29, 1.82) is 0 Å². The minimum absolute atomic E-state index is 0.0930. The van der Waals surface area contributed by atoms with Crippen LogP contribution >= 0.6 is 22.9 Å². The van der Waals surface area contributed by atoms with Gasteiger partial charge in [0.25, 0.3) is 0 Å². The largest absolute Gasteiger partial charge is 0.340 e. The summed E-state index contributed by atoms with van der Waals surface area (Å²) in [6.07, 6.45) is 0.345. The van der Waals surface area contributed by atoms with Gasteiger partial charge in [-0.2, -0.15) is 0 Å². The highest BCUT2D eigenvalue weighted by Crippen LogP contribution is 2.20. The zero-order chi connectivity index (χ0) is 18.5. The van der Waals surface area contributed by atoms with E-state index in [9.17, 15) is 9.59 Å². The summed E-state index contributed by atoms with van der Waals surface area (Å²) < 4.78 is 0. The Balaban J connectivity index is 1.44. The van der Waals surface area contributed by atoms with Gasteiger partial charge in [0.05, 0.1) is 34.4 Å². The molecule has 0 bridgehead atoms. The molecule has 1 aromatic heterocycles. The van der Waals surface area contributed by atoms with Crippen molar-refractivity contribution in [1.82, 2.24) is 14.8 Å². The zero-order valence-electron chi connectivity index (χ0n) is 14.6. The molecule has 2 amide bonds. The molecule has 0 radical (unpaired) electrons. The van der Waals surface area contributed by atoms with Crippen LogP contribution in [-0.2, 0) is 16.0 Å². The number of halogens is 1. The van der Waals surface area contributed by atoms with E-state index in [2.05, 4.69) is 10.3 Å². The highest BCUT2D eigenvalue weighted by Gasteiger charge is 2.23. The summed E-state index contributed by atoms with van der Waals surface area (Å²) in [6.45, 7) is 4.84. The lowest BCUT2D eigenvalue weighted by Gasteiger charge is -2.34. The third-order valence-corrected chi connectivity index (χ3v) is 5.39. The van der Waals surface area contributed by atoms with Crippen LogP contribution in [0, 0.1) is 6.92 Å². The Morgan fingerprint density at radius 2 is 1.96 bits per heavy atom. The minimum Gasteiger partial charge on any atom is -0.340 e. The van der Waals surface area contributed by atoms with Gasteiger partial charge >= 0.3 is 0 Å². The van der Waals surface area contributed by atoms with Gasteiger partial charge < -0.3 is 10.2 Å². The molecule has 26 heavy (non-hydrogen) atoms. The van der Waals surface area contributed by atoms with Gasteiger partial charge in [-0.25, -0.2) is 4.98 Å². The van der Waals surface area contributed by atoms with Crippen molar-refractivity contribution < 1.29 is 9.59 Å². The summed E-state index contributed by atoms with van der Waals surface area (Å²) >= 11 is 7.61. The average molecular weight is 393 g/mol. The maximum Gasteiger partial charge on any atom is 0.238 e. The number of nitrogens with zero attached hydrogens (tertiary/aromatic N) is 3. The van der Waals surface area contributed by atoms with Crippen molar-refractivity contribution in [3.05, 3.63) is 45.4 Å². The van der Waals surface area contributed by atoms with Crippen molar-refractivity contribution in [2.45, 2.75) is 13.3 Å². The molecule has 0 unspecified atom stereocenters. The van der Waals surface area contributed by atoms with E-state index in [0.717, 1.165) is 10.7 Å². The predicted octanol–water partition coefficient (Wildman–Crippen LogP) is 2.43. The molecule has 6 nitrogen and oxygen atoms in total. The third-order valence-electron chi connectivity index (χ3n) is 4.24. The van der Waals surface area contributed by atoms with Gasteiger partial charge in [-0.05, 0) is 19.1 Å². The Hall–Kier alpha value is -1.96. The monoisotopic (exact) mass is 392 g/mol. The molecular weight excluding hydrogens is 372 g/mol. The van der Waals surface area contributed by atoms with E-state index in [1.165, 1.54) is 0 Å². The van der Waals surface area contributed by atoms with E-state index in [1.807, 2.05) is 34.2 Å². The Bertz CT molecular complexity index is 787. The maximum absolute atomic E-state index is 12.4. The number of thiazole rings is 1. The summed E-state index contributed by atoms with van der Waals surface area (Å²) in [4.78, 5) is 32.8. The van der Waals surface area contributed by atoms with Crippen LogP contribution in [0.1, 0.15) is 10.7 Å². The molecule has 1 fully saturated rings. The number of benzene rings is 1. The molecule has 0 spiro atoms. The first-order chi connectivity index (χ1) is 12.5. The second-order valence-electron chi connectivity index (χ2n) is 6.22. The van der Waals surface area contributed by atoms with E-state index < -0.39 is 0 Å². The number of rotatable bonds is 5. The summed E-state index contributed by atoms with van der Waals surface area (Å²) in [6, 6.07) is 7.17. The summed E-state index contributed by atoms with van der Waals surface area (Å²) in [5.74, 6) is -0.00806. The fourth-order valence-corrected chi connectivity index (χ4v) is 3.66. The van der Waals surface area contributed by atoms with Crippen molar-refractivity contribution in [2.75, 3.05) is 38.0 Å². The van der Waals surface area contributed by atoms with Crippen LogP contribution in [0.3, 0.4) is 0 Å². The lowest BCUT2D eigenvalue weighted by Crippen LogP contribution is -2.50. The maximum atomic E-state index is 12.4. The van der Waals surface area contributed by atoms with Gasteiger partial charge in [-0.15, -0.1) is 11.3 Å². The molecule has 0 saturated carbocycles. The van der Waals surface area contributed by atoms with Gasteiger partial charge in [0.2, 0.25) is 11.8 Å². The highest BCUT2D eigenvalue weighted by atomic mass is 35.5. The van der Waals surface area contributed by atoms with Crippen LogP contribution in [0.15, 0.2) is 29.6 Å². The lowest BCUT2D eigenvalue weighted by atomic mass is 10.2. The van der Waals surface area contributed by atoms with Crippen LogP contribution in [0.4, 0.5) is 5.69 Å². The second kappa shape index (κ2) is 8.62. The first kappa shape index (κ1) is 18.8. The van der Waals surface area contributed by atoms with E-state index in [1.54, 1.807) is 23.5 Å². The van der Waals surface area contributed by atoms with Crippen molar-refractivity contribution in [3.8, 4) is 0 Å². The molecule has 3 rings (SSSR count). The number of piperazine rings is 1. The van der Waals surface area contributed by atoms with Gasteiger partial charge in [0.1, 0.15) is 0 Å². The Morgan fingerprint density at radius 3 is 2.62 bits per heavy atom. The van der Waals surface area contributed by atoms with Crippen LogP contribution < -0.4 is 5.32 Å². The Kier molecular flexibility index (Phi) is 6.24. The SMILES string of the molecule is Cc1nc(CC(=O)N2CCN(CC(=O)Nc3ccccc3Cl)CC2)cs1. The first-order valence-electron chi connectivity index (χ1n) is 8.47. The molecule has 8 heteroatoms. The number of aromatic nitrogens is 1. The predicted molar refractivity (Wildman–Crippen MR) is 104 cm³/mol. The van der Waals surface area contributed by atoms with E-state index in [4.69, 9.17) is 11.6 Å². The number of carbonyl (C=O) groups is 2. The number of nitrogens with one attached hydrogen (secondary N) is 1. The molecule has 2 heterocycles. The summed E-state index contributed by atoms with van der Waals surface area (Å²) in [7, 11) is 0. The average Bonchev–Trinajstić information content (AvgIpc) is 3.02. The molecule has 138 valence electrons. The number of amides is 2. The summed E-state index contributed by atoms with van der Waals surface area (Å²) in [5, 5.41) is 6.26. The Labute approximate surface area is 161 Å². The number of carbonyl (C=O) groups excluding carboxylic acids is 2. The zero-order valence-corrected chi connectivity index (χ0v) is 16.1. The quantitative estimate of drug-likeness (QED) is 0.848. The number of aryl methyl sites for hydroxylation is 1. The van der Waals surface area contributed by atoms with Crippen molar-refractivity contribution in [2.24, 2.45) is 0 Å². The highest BCUT2D eigenvalue weighted by molar-refractivity contribution is 7.09. The fraction of sp³-hybridized carbons (Fsp3) is 0.389. The summed E-state index contributed by atoms with van der Waals surface area (Å²) in [5.41, 5.74) is 1.45. The van der Waals surface area contributed by atoms with Crippen LogP contribution in [0.5, 0.6) is 0 Å². The normalized spacial score (nSPS) is 15.1. The van der Waals surface area contributed by atoms with Crippen molar-refractivity contribution >= 4 is 40.4 Å². The van der Waals surface area contributed by atoms with Crippen LogP contribution in [-0.4, -0.2) is 59.3 Å². The molecule has 2 aromatic rings. The fourth-order valence-electron chi connectivity index (χ4n) is 2.87. The molecule has 0 aliphatic carbocycles. The molecule has 1 saturated heterocycles. The molecular formula is C18H21ClN4O2S. The Morgan fingerprint density at radius 1 is 1.23 bits per heavy atom. The van der Waals surface area contributed by atoms with Crippen LogP contribution in [0.25, 0.3) is 0 Å². The van der Waals surface area contributed by atoms with Gasteiger partial charge in [0.15, 0.2) is 0 Å². The lowest BCUT2D eigenvalue weighted by molar-refractivity contribution is -0.132. The number of hydrogen-bond donors (Lipinski definition) is 1. The molecule has 1 aliphatic rings. The minimum atomic E-state index is -0.101. The number of anilines is 1. The topological polar surface area (TPSA) is 65.5 Å². The van der Waals surface area contributed by atoms with Gasteiger partial charge in [0, 0.05) is 31.6 Å². The van der Waals surface area contributed by atoms with Crippen LogP contribution in [0.2, 0.25) is 5.02 Å². The van der Waals surface area contributed by atoms with E-state index in [-0.39, 0.29) is 11.8 Å².